The Morgan fingerprint density at radius 3 is 2.71 bits per heavy atom. The quantitative estimate of drug-likeness (QED) is 0.799. The number of urea groups is 1. The first-order valence-corrected chi connectivity index (χ1v) is 7.71. The smallest absolute Gasteiger partial charge is 0.321 e. The van der Waals surface area contributed by atoms with Crippen LogP contribution < -0.4 is 15.4 Å². The van der Waals surface area contributed by atoms with Crippen LogP contribution >= 0.6 is 27.5 Å². The fraction of sp³-hybridized carbons (Fsp3) is 0.429. The minimum atomic E-state index is -0.515. The van der Waals surface area contributed by atoms with E-state index >= 15 is 0 Å². The van der Waals surface area contributed by atoms with Gasteiger partial charge in [-0.25, -0.2) is 4.79 Å². The van der Waals surface area contributed by atoms with Crippen molar-refractivity contribution in [3.63, 3.8) is 0 Å². The van der Waals surface area contributed by atoms with Crippen molar-refractivity contribution >= 4 is 39.5 Å². The van der Waals surface area contributed by atoms with Gasteiger partial charge in [-0.2, -0.15) is 0 Å². The molecule has 21 heavy (non-hydrogen) atoms. The van der Waals surface area contributed by atoms with Crippen LogP contribution in [0.4, 0.5) is 4.79 Å². The molecule has 0 aliphatic rings. The van der Waals surface area contributed by atoms with Crippen LogP contribution in [0.15, 0.2) is 22.7 Å². The predicted octanol–water partition coefficient (Wildman–Crippen LogP) is 3.35. The molecule has 0 aliphatic heterocycles. The molecule has 0 unspecified atom stereocenters. The van der Waals surface area contributed by atoms with Crippen LogP contribution in [0.3, 0.4) is 0 Å². The maximum Gasteiger partial charge on any atom is 0.321 e. The summed E-state index contributed by atoms with van der Waals surface area (Å²) >= 11 is 9.08. The Bertz CT molecular complexity index is 509. The van der Waals surface area contributed by atoms with Crippen molar-refractivity contribution in [1.29, 1.82) is 0 Å². The van der Waals surface area contributed by atoms with Crippen LogP contribution in [0.2, 0.25) is 5.02 Å². The molecule has 0 bridgehead atoms. The first kappa shape index (κ1) is 17.8. The highest BCUT2D eigenvalue weighted by Gasteiger charge is 2.09. The molecule has 1 aromatic carbocycles. The average molecular weight is 378 g/mol. The molecule has 1 rings (SSSR count). The highest BCUT2D eigenvalue weighted by molar-refractivity contribution is 9.10. The van der Waals surface area contributed by atoms with Gasteiger partial charge in [0.1, 0.15) is 5.75 Å². The molecule has 3 amide bonds. The number of ether oxygens (including phenoxy) is 1. The zero-order valence-corrected chi connectivity index (χ0v) is 14.3. The molecular formula is C14H18BrClN2O3. The summed E-state index contributed by atoms with van der Waals surface area (Å²) in [6.45, 7) is 4.39. The van der Waals surface area contributed by atoms with E-state index in [1.165, 1.54) is 0 Å². The van der Waals surface area contributed by atoms with Gasteiger partial charge in [-0.15, -0.1) is 0 Å². The number of benzene rings is 1. The maximum atomic E-state index is 11.6. The lowest BCUT2D eigenvalue weighted by Crippen LogP contribution is -2.42. The summed E-state index contributed by atoms with van der Waals surface area (Å²) in [6, 6.07) is 4.44. The molecular weight excluding hydrogens is 360 g/mol. The summed E-state index contributed by atoms with van der Waals surface area (Å²) in [7, 11) is 0. The SMILES string of the molecule is CC(C)CCNC(=O)NC(=O)COc1ccc(Cl)cc1Br. The number of carbonyl (C=O) groups excluding carboxylic acids is 2. The van der Waals surface area contributed by atoms with Gasteiger partial charge in [0.25, 0.3) is 5.91 Å². The molecule has 0 fully saturated rings. The van der Waals surface area contributed by atoms with E-state index in [2.05, 4.69) is 40.4 Å². The van der Waals surface area contributed by atoms with Gasteiger partial charge in [0.15, 0.2) is 6.61 Å². The Hall–Kier alpha value is -1.27. The zero-order valence-electron chi connectivity index (χ0n) is 11.9. The van der Waals surface area contributed by atoms with Gasteiger partial charge in [-0.3, -0.25) is 10.1 Å². The molecule has 2 N–H and O–H groups in total. The molecule has 0 spiro atoms. The summed E-state index contributed by atoms with van der Waals surface area (Å²) in [5, 5.41) is 5.37. The molecule has 0 saturated heterocycles. The van der Waals surface area contributed by atoms with Crippen LogP contribution in [0.1, 0.15) is 20.3 Å². The van der Waals surface area contributed by atoms with Crippen molar-refractivity contribution in [3.05, 3.63) is 27.7 Å². The topological polar surface area (TPSA) is 67.4 Å². The number of amides is 3. The van der Waals surface area contributed by atoms with Crippen molar-refractivity contribution < 1.29 is 14.3 Å². The fourth-order valence-electron chi connectivity index (χ4n) is 1.42. The lowest BCUT2D eigenvalue weighted by Gasteiger charge is -2.10. The molecule has 5 nitrogen and oxygen atoms in total. The van der Waals surface area contributed by atoms with Crippen LogP contribution in [0.25, 0.3) is 0 Å². The molecule has 7 heteroatoms. The monoisotopic (exact) mass is 376 g/mol. The Balaban J connectivity index is 2.32. The second kappa shape index (κ2) is 8.89. The van der Waals surface area contributed by atoms with Gasteiger partial charge in [0, 0.05) is 11.6 Å². The van der Waals surface area contributed by atoms with Gasteiger partial charge >= 0.3 is 6.03 Å². The predicted molar refractivity (Wildman–Crippen MR) is 85.6 cm³/mol. The van der Waals surface area contributed by atoms with Crippen LogP contribution in [-0.2, 0) is 4.79 Å². The third kappa shape index (κ3) is 7.34. The molecule has 0 saturated carbocycles. The summed E-state index contributed by atoms with van der Waals surface area (Å²) in [5.41, 5.74) is 0. The van der Waals surface area contributed by atoms with E-state index in [1.807, 2.05) is 0 Å². The number of rotatable bonds is 6. The maximum absolute atomic E-state index is 11.6. The second-order valence-electron chi connectivity index (χ2n) is 4.85. The van der Waals surface area contributed by atoms with Crippen LogP contribution in [0, 0.1) is 5.92 Å². The first-order chi connectivity index (χ1) is 9.88. The minimum absolute atomic E-state index is 0.252. The zero-order chi connectivity index (χ0) is 15.8. The van der Waals surface area contributed by atoms with Crippen molar-refractivity contribution in [2.75, 3.05) is 13.2 Å². The molecule has 0 heterocycles. The first-order valence-electron chi connectivity index (χ1n) is 6.54. The molecule has 0 radical (unpaired) electrons. The van der Waals surface area contributed by atoms with Crippen LogP contribution in [-0.4, -0.2) is 25.1 Å². The molecule has 0 atom stereocenters. The van der Waals surface area contributed by atoms with Crippen molar-refractivity contribution in [2.24, 2.45) is 5.92 Å². The Labute approximate surface area is 137 Å². The lowest BCUT2D eigenvalue weighted by molar-refractivity contribution is -0.122. The van der Waals surface area contributed by atoms with Crippen LogP contribution in [0.5, 0.6) is 5.75 Å². The molecule has 0 aromatic heterocycles. The van der Waals surface area contributed by atoms with E-state index < -0.39 is 11.9 Å². The number of nitrogens with one attached hydrogen (secondary N) is 2. The standard InChI is InChI=1S/C14H18BrClN2O3/c1-9(2)5-6-17-14(20)18-13(19)8-21-12-4-3-10(16)7-11(12)15/h3-4,7,9H,5-6,8H2,1-2H3,(H2,17,18,19,20). The van der Waals surface area contributed by atoms with E-state index in [-0.39, 0.29) is 6.61 Å². The highest BCUT2D eigenvalue weighted by Crippen LogP contribution is 2.27. The van der Waals surface area contributed by atoms with Crippen molar-refractivity contribution in [2.45, 2.75) is 20.3 Å². The Kier molecular flexibility index (Phi) is 7.53. The van der Waals surface area contributed by atoms with Gasteiger partial charge in [-0.1, -0.05) is 25.4 Å². The number of hydrogen-bond donors (Lipinski definition) is 2. The Morgan fingerprint density at radius 2 is 2.10 bits per heavy atom. The number of imide groups is 1. The van der Waals surface area contributed by atoms with E-state index in [4.69, 9.17) is 16.3 Å². The minimum Gasteiger partial charge on any atom is -0.483 e. The normalized spacial score (nSPS) is 10.3. The Morgan fingerprint density at radius 1 is 1.38 bits per heavy atom. The van der Waals surface area contributed by atoms with Gasteiger partial charge in [0.2, 0.25) is 0 Å². The number of hydrogen-bond acceptors (Lipinski definition) is 3. The summed E-state index contributed by atoms with van der Waals surface area (Å²) in [6.07, 6.45) is 0.857. The van der Waals surface area contributed by atoms with Gasteiger partial charge < -0.3 is 10.1 Å². The summed E-state index contributed by atoms with van der Waals surface area (Å²) in [5.74, 6) is 0.459. The number of halogens is 2. The van der Waals surface area contributed by atoms with Crippen molar-refractivity contribution in [3.8, 4) is 5.75 Å². The second-order valence-corrected chi connectivity index (χ2v) is 6.14. The number of carbonyl (C=O) groups is 2. The summed E-state index contributed by atoms with van der Waals surface area (Å²) in [4.78, 5) is 23.0. The van der Waals surface area contributed by atoms with Gasteiger partial charge in [0.05, 0.1) is 4.47 Å². The lowest BCUT2D eigenvalue weighted by atomic mass is 10.1. The van der Waals surface area contributed by atoms with E-state index in [0.717, 1.165) is 6.42 Å². The van der Waals surface area contributed by atoms with E-state index in [1.54, 1.807) is 18.2 Å². The van der Waals surface area contributed by atoms with Gasteiger partial charge in [-0.05, 0) is 46.5 Å². The molecule has 1 aromatic rings. The fourth-order valence-corrected chi connectivity index (χ4v) is 2.21. The largest absolute Gasteiger partial charge is 0.483 e. The summed E-state index contributed by atoms with van der Waals surface area (Å²) < 4.78 is 5.94. The average Bonchev–Trinajstić information content (AvgIpc) is 2.37. The third-order valence-electron chi connectivity index (χ3n) is 2.51. The molecule has 0 aliphatic carbocycles. The molecule has 116 valence electrons. The van der Waals surface area contributed by atoms with Crippen molar-refractivity contribution in [1.82, 2.24) is 10.6 Å². The highest BCUT2D eigenvalue weighted by atomic mass is 79.9. The third-order valence-corrected chi connectivity index (χ3v) is 3.37. The van der Waals surface area contributed by atoms with E-state index in [0.29, 0.717) is 27.7 Å². The van der Waals surface area contributed by atoms with E-state index in [9.17, 15) is 9.59 Å².